The van der Waals surface area contributed by atoms with Gasteiger partial charge in [0, 0.05) is 12.0 Å². The van der Waals surface area contributed by atoms with E-state index in [2.05, 4.69) is 17.1 Å². The van der Waals surface area contributed by atoms with Gasteiger partial charge in [-0.05, 0) is 26.0 Å². The molecule has 1 aromatic rings. The summed E-state index contributed by atoms with van der Waals surface area (Å²) in [5, 5.41) is 3.94. The second-order valence-corrected chi connectivity index (χ2v) is 5.16. The quantitative estimate of drug-likeness (QED) is 0.797. The Balaban J connectivity index is 2.36. The summed E-state index contributed by atoms with van der Waals surface area (Å²) in [6.45, 7) is 4.16. The molecule has 0 aromatic carbocycles. The highest BCUT2D eigenvalue weighted by Crippen LogP contribution is 2.20. The van der Waals surface area contributed by atoms with Crippen LogP contribution >= 0.6 is 11.8 Å². The third-order valence-corrected chi connectivity index (χ3v) is 3.02. The third-order valence-electron chi connectivity index (χ3n) is 2.48. The lowest BCUT2D eigenvalue weighted by Crippen LogP contribution is -2.14. The maximum absolute atomic E-state index is 5.71. The van der Waals surface area contributed by atoms with Gasteiger partial charge in [-0.3, -0.25) is 0 Å². The van der Waals surface area contributed by atoms with Crippen molar-refractivity contribution in [2.45, 2.75) is 50.8 Å². The van der Waals surface area contributed by atoms with Crippen molar-refractivity contribution in [2.75, 3.05) is 6.26 Å². The molecule has 1 heterocycles. The first-order valence-corrected chi connectivity index (χ1v) is 7.10. The normalized spacial score (nSPS) is 15.0. The van der Waals surface area contributed by atoms with Crippen LogP contribution in [0.15, 0.2) is 4.52 Å². The van der Waals surface area contributed by atoms with Crippen LogP contribution in [0, 0.1) is 0 Å². The Bertz CT molecular complexity index is 301. The molecule has 0 bridgehead atoms. The van der Waals surface area contributed by atoms with Crippen molar-refractivity contribution in [2.24, 2.45) is 5.73 Å². The van der Waals surface area contributed by atoms with Gasteiger partial charge in [0.2, 0.25) is 5.89 Å². The number of hydrogen-bond acceptors (Lipinski definition) is 5. The zero-order chi connectivity index (χ0) is 12.0. The molecule has 16 heavy (non-hydrogen) atoms. The van der Waals surface area contributed by atoms with Gasteiger partial charge in [-0.2, -0.15) is 16.7 Å². The van der Waals surface area contributed by atoms with Gasteiger partial charge < -0.3 is 10.3 Å². The summed E-state index contributed by atoms with van der Waals surface area (Å²) in [5.74, 6) is 2.70. The van der Waals surface area contributed by atoms with Gasteiger partial charge in [0.25, 0.3) is 0 Å². The van der Waals surface area contributed by atoms with Gasteiger partial charge >= 0.3 is 0 Å². The lowest BCUT2D eigenvalue weighted by atomic mass is 10.0. The van der Waals surface area contributed by atoms with Crippen molar-refractivity contribution in [1.82, 2.24) is 10.1 Å². The molecule has 2 unspecified atom stereocenters. The van der Waals surface area contributed by atoms with E-state index < -0.39 is 0 Å². The van der Waals surface area contributed by atoms with Gasteiger partial charge in [-0.1, -0.05) is 18.5 Å². The molecule has 0 spiro atoms. The van der Waals surface area contributed by atoms with Crippen LogP contribution in [0.25, 0.3) is 0 Å². The van der Waals surface area contributed by atoms with E-state index in [9.17, 15) is 0 Å². The first kappa shape index (κ1) is 13.5. The molecule has 0 aliphatic heterocycles. The molecule has 0 aliphatic carbocycles. The van der Waals surface area contributed by atoms with E-state index >= 15 is 0 Å². The van der Waals surface area contributed by atoms with Crippen LogP contribution in [-0.2, 0) is 5.75 Å². The number of hydrogen-bond donors (Lipinski definition) is 1. The van der Waals surface area contributed by atoms with E-state index in [0.29, 0.717) is 5.92 Å². The Hall–Kier alpha value is -0.550. The molecule has 2 N–H and O–H groups in total. The van der Waals surface area contributed by atoms with Gasteiger partial charge in [0.1, 0.15) is 0 Å². The maximum Gasteiger partial charge on any atom is 0.229 e. The van der Waals surface area contributed by atoms with Crippen molar-refractivity contribution in [3.63, 3.8) is 0 Å². The predicted molar refractivity (Wildman–Crippen MR) is 67.4 cm³/mol. The minimum atomic E-state index is 0.280. The van der Waals surface area contributed by atoms with Crippen LogP contribution in [-0.4, -0.2) is 22.4 Å². The van der Waals surface area contributed by atoms with Crippen LogP contribution < -0.4 is 5.73 Å². The van der Waals surface area contributed by atoms with E-state index in [1.165, 1.54) is 0 Å². The molecule has 1 aromatic heterocycles. The van der Waals surface area contributed by atoms with Gasteiger partial charge in [0.05, 0.1) is 5.75 Å². The van der Waals surface area contributed by atoms with Crippen LogP contribution in [0.3, 0.4) is 0 Å². The van der Waals surface area contributed by atoms with Gasteiger partial charge in [0.15, 0.2) is 5.82 Å². The Morgan fingerprint density at radius 1 is 1.38 bits per heavy atom. The number of nitrogens with zero attached hydrogens (tertiary/aromatic N) is 2. The summed E-state index contributed by atoms with van der Waals surface area (Å²) in [4.78, 5) is 4.37. The molecule has 5 heteroatoms. The van der Waals surface area contributed by atoms with Crippen LogP contribution in [0.2, 0.25) is 0 Å². The molecular weight excluding hydrogens is 222 g/mol. The SMILES string of the molecule is CSCc1noc(C(C)CCCC(C)N)n1. The van der Waals surface area contributed by atoms with Crippen LogP contribution in [0.1, 0.15) is 50.7 Å². The van der Waals surface area contributed by atoms with Crippen LogP contribution in [0.5, 0.6) is 0 Å². The average molecular weight is 243 g/mol. The van der Waals surface area contributed by atoms with E-state index in [-0.39, 0.29) is 6.04 Å². The Labute approximate surface area is 101 Å². The summed E-state index contributed by atoms with van der Waals surface area (Å²) in [5.41, 5.74) is 5.71. The number of thioether (sulfide) groups is 1. The highest BCUT2D eigenvalue weighted by Gasteiger charge is 2.13. The molecule has 0 radical (unpaired) electrons. The predicted octanol–water partition coefficient (Wildman–Crippen LogP) is 2.55. The Morgan fingerprint density at radius 3 is 2.75 bits per heavy atom. The molecule has 0 saturated heterocycles. The topological polar surface area (TPSA) is 64.9 Å². The molecule has 1 rings (SSSR count). The monoisotopic (exact) mass is 243 g/mol. The third kappa shape index (κ3) is 4.53. The van der Waals surface area contributed by atoms with Crippen molar-refractivity contribution >= 4 is 11.8 Å². The first-order chi connectivity index (χ1) is 7.63. The summed E-state index contributed by atoms with van der Waals surface area (Å²) in [7, 11) is 0. The maximum atomic E-state index is 5.71. The number of aromatic nitrogens is 2. The van der Waals surface area contributed by atoms with E-state index in [1.807, 2.05) is 13.2 Å². The second kappa shape index (κ2) is 6.91. The first-order valence-electron chi connectivity index (χ1n) is 5.70. The molecule has 4 nitrogen and oxygen atoms in total. The average Bonchev–Trinajstić information content (AvgIpc) is 2.66. The van der Waals surface area contributed by atoms with E-state index in [4.69, 9.17) is 10.3 Å². The highest BCUT2D eigenvalue weighted by molar-refractivity contribution is 7.97. The lowest BCUT2D eigenvalue weighted by molar-refractivity contribution is 0.347. The van der Waals surface area contributed by atoms with Crippen molar-refractivity contribution in [3.8, 4) is 0 Å². The molecule has 2 atom stereocenters. The van der Waals surface area contributed by atoms with Crippen molar-refractivity contribution in [3.05, 3.63) is 11.7 Å². The molecule has 92 valence electrons. The summed E-state index contributed by atoms with van der Waals surface area (Å²) in [6.07, 6.45) is 5.25. The Kier molecular flexibility index (Phi) is 5.84. The zero-order valence-electron chi connectivity index (χ0n) is 10.3. The van der Waals surface area contributed by atoms with E-state index in [0.717, 1.165) is 36.7 Å². The molecular formula is C11H21N3OS. The summed E-state index contributed by atoms with van der Waals surface area (Å²) >= 11 is 1.70. The van der Waals surface area contributed by atoms with Gasteiger partial charge in [-0.25, -0.2) is 0 Å². The number of rotatable bonds is 7. The Morgan fingerprint density at radius 2 is 2.12 bits per heavy atom. The molecule has 0 saturated carbocycles. The van der Waals surface area contributed by atoms with Crippen molar-refractivity contribution in [1.29, 1.82) is 0 Å². The molecule has 0 aliphatic rings. The van der Waals surface area contributed by atoms with Crippen molar-refractivity contribution < 1.29 is 4.52 Å². The summed E-state index contributed by atoms with van der Waals surface area (Å²) in [6, 6.07) is 0.280. The minimum Gasteiger partial charge on any atom is -0.339 e. The minimum absolute atomic E-state index is 0.280. The second-order valence-electron chi connectivity index (χ2n) is 4.29. The molecule has 0 amide bonds. The fraction of sp³-hybridized carbons (Fsp3) is 0.818. The molecule has 0 fully saturated rings. The fourth-order valence-corrected chi connectivity index (χ4v) is 1.90. The van der Waals surface area contributed by atoms with Gasteiger partial charge in [-0.15, -0.1) is 0 Å². The fourth-order valence-electron chi connectivity index (χ4n) is 1.52. The lowest BCUT2D eigenvalue weighted by Gasteiger charge is -2.07. The highest BCUT2D eigenvalue weighted by atomic mass is 32.2. The smallest absolute Gasteiger partial charge is 0.229 e. The van der Waals surface area contributed by atoms with Crippen LogP contribution in [0.4, 0.5) is 0 Å². The summed E-state index contributed by atoms with van der Waals surface area (Å²) < 4.78 is 5.23. The standard InChI is InChI=1S/C11H21N3OS/c1-8(5-4-6-9(2)12)11-13-10(7-16-3)14-15-11/h8-9H,4-7,12H2,1-3H3. The van der Waals surface area contributed by atoms with E-state index in [1.54, 1.807) is 11.8 Å². The largest absolute Gasteiger partial charge is 0.339 e. The number of nitrogens with two attached hydrogens (primary N) is 1. The zero-order valence-corrected chi connectivity index (χ0v) is 11.1.